The van der Waals surface area contributed by atoms with Crippen molar-refractivity contribution < 1.29 is 19.1 Å². The first kappa shape index (κ1) is 20.9. The van der Waals surface area contributed by atoms with Gasteiger partial charge in [0.1, 0.15) is 11.5 Å². The summed E-state index contributed by atoms with van der Waals surface area (Å²) >= 11 is 0. The molecule has 6 heteroatoms. The molecule has 30 heavy (non-hydrogen) atoms. The molecule has 0 saturated heterocycles. The number of anilines is 2. The SMILES string of the molecule is COc1cc(NC(=O)c2cc(C)cc(C)c2)c(OC)cc1NC(=O)c1ccccc1. The summed E-state index contributed by atoms with van der Waals surface area (Å²) in [6.07, 6.45) is 0. The second-order valence-electron chi connectivity index (χ2n) is 6.90. The molecular formula is C24H24N2O4. The summed E-state index contributed by atoms with van der Waals surface area (Å²) in [5, 5.41) is 5.69. The van der Waals surface area contributed by atoms with Crippen LogP contribution in [-0.2, 0) is 0 Å². The summed E-state index contributed by atoms with van der Waals surface area (Å²) in [7, 11) is 2.99. The first-order chi connectivity index (χ1) is 14.4. The second kappa shape index (κ2) is 9.13. The summed E-state index contributed by atoms with van der Waals surface area (Å²) in [6.45, 7) is 3.88. The Morgan fingerprint density at radius 2 is 1.13 bits per heavy atom. The molecule has 0 heterocycles. The average Bonchev–Trinajstić information content (AvgIpc) is 2.74. The van der Waals surface area contributed by atoms with Crippen LogP contribution in [0.3, 0.4) is 0 Å². The minimum absolute atomic E-state index is 0.261. The van der Waals surface area contributed by atoms with Gasteiger partial charge in [0.25, 0.3) is 11.8 Å². The minimum Gasteiger partial charge on any atom is -0.494 e. The van der Waals surface area contributed by atoms with E-state index < -0.39 is 0 Å². The molecule has 0 bridgehead atoms. The molecule has 0 aliphatic carbocycles. The molecule has 0 atom stereocenters. The molecule has 2 amide bonds. The summed E-state index contributed by atoms with van der Waals surface area (Å²) < 4.78 is 10.9. The number of benzene rings is 3. The molecule has 0 aromatic heterocycles. The van der Waals surface area contributed by atoms with Crippen LogP contribution in [0.5, 0.6) is 11.5 Å². The number of hydrogen-bond donors (Lipinski definition) is 2. The lowest BCUT2D eigenvalue weighted by Gasteiger charge is -2.16. The molecule has 0 radical (unpaired) electrons. The average molecular weight is 404 g/mol. The fraction of sp³-hybridized carbons (Fsp3) is 0.167. The molecule has 0 saturated carbocycles. The Kier molecular flexibility index (Phi) is 6.37. The molecule has 6 nitrogen and oxygen atoms in total. The van der Waals surface area contributed by atoms with Crippen LogP contribution < -0.4 is 20.1 Å². The van der Waals surface area contributed by atoms with Gasteiger partial charge in [-0.15, -0.1) is 0 Å². The molecule has 3 aromatic carbocycles. The van der Waals surface area contributed by atoms with E-state index in [0.717, 1.165) is 11.1 Å². The highest BCUT2D eigenvalue weighted by atomic mass is 16.5. The molecule has 3 aromatic rings. The van der Waals surface area contributed by atoms with Gasteiger partial charge >= 0.3 is 0 Å². The molecule has 0 unspecified atom stereocenters. The quantitative estimate of drug-likeness (QED) is 0.617. The van der Waals surface area contributed by atoms with Crippen LogP contribution in [0.25, 0.3) is 0 Å². The highest BCUT2D eigenvalue weighted by Crippen LogP contribution is 2.37. The zero-order chi connectivity index (χ0) is 21.7. The maximum absolute atomic E-state index is 12.8. The Morgan fingerprint density at radius 3 is 1.60 bits per heavy atom. The van der Waals surface area contributed by atoms with Crippen molar-refractivity contribution >= 4 is 23.2 Å². The van der Waals surface area contributed by atoms with Crippen LogP contribution in [0.15, 0.2) is 60.7 Å². The molecule has 154 valence electrons. The number of nitrogens with one attached hydrogen (secondary N) is 2. The Hall–Kier alpha value is -3.80. The van der Waals surface area contributed by atoms with Crippen LogP contribution in [0.1, 0.15) is 31.8 Å². The van der Waals surface area contributed by atoms with E-state index in [2.05, 4.69) is 10.6 Å². The van der Waals surface area contributed by atoms with Crippen molar-refractivity contribution in [2.24, 2.45) is 0 Å². The number of aryl methyl sites for hydroxylation is 2. The van der Waals surface area contributed by atoms with E-state index in [1.54, 1.807) is 36.4 Å². The third-order valence-corrected chi connectivity index (χ3v) is 4.54. The Labute approximate surface area is 175 Å². The molecule has 2 N–H and O–H groups in total. The van der Waals surface area contributed by atoms with Crippen molar-refractivity contribution in [2.75, 3.05) is 24.9 Å². The van der Waals surface area contributed by atoms with Gasteiger partial charge in [-0.05, 0) is 38.1 Å². The first-order valence-corrected chi connectivity index (χ1v) is 9.43. The Bertz CT molecular complexity index is 1060. The third kappa shape index (κ3) is 4.78. The predicted molar refractivity (Wildman–Crippen MR) is 118 cm³/mol. The van der Waals surface area contributed by atoms with Crippen molar-refractivity contribution in [1.29, 1.82) is 0 Å². The van der Waals surface area contributed by atoms with Gasteiger partial charge in [-0.2, -0.15) is 0 Å². The predicted octanol–water partition coefficient (Wildman–Crippen LogP) is 4.83. The number of rotatable bonds is 6. The monoisotopic (exact) mass is 404 g/mol. The van der Waals surface area contributed by atoms with Gasteiger partial charge in [-0.25, -0.2) is 0 Å². The van der Waals surface area contributed by atoms with E-state index in [0.29, 0.717) is 34.0 Å². The molecular weight excluding hydrogens is 380 g/mol. The largest absolute Gasteiger partial charge is 0.494 e. The Balaban J connectivity index is 1.89. The van der Waals surface area contributed by atoms with Gasteiger partial charge < -0.3 is 20.1 Å². The van der Waals surface area contributed by atoms with Crippen molar-refractivity contribution in [3.63, 3.8) is 0 Å². The van der Waals surface area contributed by atoms with Crippen LogP contribution in [0.2, 0.25) is 0 Å². The number of methoxy groups -OCH3 is 2. The number of carbonyl (C=O) groups is 2. The number of hydrogen-bond acceptors (Lipinski definition) is 4. The maximum atomic E-state index is 12.8. The smallest absolute Gasteiger partial charge is 0.255 e. The van der Waals surface area contributed by atoms with Gasteiger partial charge in [0.2, 0.25) is 0 Å². The molecule has 3 rings (SSSR count). The van der Waals surface area contributed by atoms with Gasteiger partial charge in [0.05, 0.1) is 25.6 Å². The fourth-order valence-electron chi connectivity index (χ4n) is 3.18. The molecule has 0 aliphatic heterocycles. The highest BCUT2D eigenvalue weighted by molar-refractivity contribution is 6.07. The first-order valence-electron chi connectivity index (χ1n) is 9.43. The van der Waals surface area contributed by atoms with Gasteiger partial charge in [0.15, 0.2) is 0 Å². The topological polar surface area (TPSA) is 76.7 Å². The van der Waals surface area contributed by atoms with Crippen LogP contribution in [-0.4, -0.2) is 26.0 Å². The van der Waals surface area contributed by atoms with Crippen LogP contribution in [0, 0.1) is 13.8 Å². The zero-order valence-corrected chi connectivity index (χ0v) is 17.4. The third-order valence-electron chi connectivity index (χ3n) is 4.54. The highest BCUT2D eigenvalue weighted by Gasteiger charge is 2.17. The summed E-state index contributed by atoms with van der Waals surface area (Å²) in [6, 6.07) is 17.8. The van der Waals surface area contributed by atoms with E-state index in [1.165, 1.54) is 14.2 Å². The van der Waals surface area contributed by atoms with Crippen molar-refractivity contribution in [3.05, 3.63) is 82.9 Å². The molecule has 0 spiro atoms. The molecule has 0 fully saturated rings. The molecule has 0 aliphatic rings. The minimum atomic E-state index is -0.275. The lowest BCUT2D eigenvalue weighted by Crippen LogP contribution is -2.15. The number of amides is 2. The number of ether oxygens (including phenoxy) is 2. The second-order valence-corrected chi connectivity index (χ2v) is 6.90. The van der Waals surface area contributed by atoms with Gasteiger partial charge in [-0.1, -0.05) is 35.4 Å². The van der Waals surface area contributed by atoms with Crippen molar-refractivity contribution in [1.82, 2.24) is 0 Å². The summed E-state index contributed by atoms with van der Waals surface area (Å²) in [4.78, 5) is 25.3. The number of carbonyl (C=O) groups excluding carboxylic acids is 2. The summed E-state index contributed by atoms with van der Waals surface area (Å²) in [5.41, 5.74) is 3.96. The van der Waals surface area contributed by atoms with Crippen molar-refractivity contribution in [3.8, 4) is 11.5 Å². The van der Waals surface area contributed by atoms with E-state index in [9.17, 15) is 9.59 Å². The summed E-state index contributed by atoms with van der Waals surface area (Å²) in [5.74, 6) is 0.263. The lowest BCUT2D eigenvalue weighted by molar-refractivity contribution is 0.101. The van der Waals surface area contributed by atoms with Gasteiger partial charge in [-0.3, -0.25) is 9.59 Å². The van der Waals surface area contributed by atoms with E-state index >= 15 is 0 Å². The fourth-order valence-corrected chi connectivity index (χ4v) is 3.18. The van der Waals surface area contributed by atoms with E-state index in [-0.39, 0.29) is 11.8 Å². The zero-order valence-electron chi connectivity index (χ0n) is 17.4. The standard InChI is InChI=1S/C24H24N2O4/c1-15-10-16(2)12-18(11-15)24(28)26-20-14-21(29-3)19(13-22(20)30-4)25-23(27)17-8-6-5-7-9-17/h5-14H,1-4H3,(H,25,27)(H,26,28). The normalized spacial score (nSPS) is 10.3. The maximum Gasteiger partial charge on any atom is 0.255 e. The van der Waals surface area contributed by atoms with Crippen molar-refractivity contribution in [2.45, 2.75) is 13.8 Å². The van der Waals surface area contributed by atoms with E-state index in [4.69, 9.17) is 9.47 Å². The van der Waals surface area contributed by atoms with Gasteiger partial charge in [0, 0.05) is 23.3 Å². The Morgan fingerprint density at radius 1 is 0.667 bits per heavy atom. The van der Waals surface area contributed by atoms with E-state index in [1.807, 2.05) is 38.1 Å². The van der Waals surface area contributed by atoms with Crippen LogP contribution >= 0.6 is 0 Å². The van der Waals surface area contributed by atoms with Crippen LogP contribution in [0.4, 0.5) is 11.4 Å². The lowest BCUT2D eigenvalue weighted by atomic mass is 10.1.